The first kappa shape index (κ1) is 16.5. The molecule has 1 atom stereocenters. The summed E-state index contributed by atoms with van der Waals surface area (Å²) in [4.78, 5) is 0. The first-order chi connectivity index (χ1) is 9.15. The van der Waals surface area contributed by atoms with E-state index in [2.05, 4.69) is 28.9 Å². The Morgan fingerprint density at radius 2 is 1.95 bits per heavy atom. The van der Waals surface area contributed by atoms with Gasteiger partial charge in [-0.2, -0.15) is 0 Å². The van der Waals surface area contributed by atoms with Crippen molar-refractivity contribution < 1.29 is 4.74 Å². The lowest BCUT2D eigenvalue weighted by atomic mass is 10.1. The number of benzene rings is 1. The van der Waals surface area contributed by atoms with Crippen molar-refractivity contribution in [3.05, 3.63) is 28.2 Å². The van der Waals surface area contributed by atoms with Gasteiger partial charge in [-0.05, 0) is 47.3 Å². The molecule has 0 aromatic heterocycles. The Hall–Kier alpha value is -0.540. The molecule has 0 heterocycles. The van der Waals surface area contributed by atoms with Gasteiger partial charge in [0.2, 0.25) is 0 Å². The van der Waals surface area contributed by atoms with Crippen LogP contribution in [0.3, 0.4) is 0 Å². The van der Waals surface area contributed by atoms with Crippen LogP contribution in [0, 0.1) is 0 Å². The van der Waals surface area contributed by atoms with Crippen LogP contribution in [-0.4, -0.2) is 12.6 Å². The van der Waals surface area contributed by atoms with E-state index >= 15 is 0 Å². The van der Waals surface area contributed by atoms with Gasteiger partial charge in [-0.3, -0.25) is 0 Å². The van der Waals surface area contributed by atoms with Crippen molar-refractivity contribution in [3.63, 3.8) is 0 Å². The zero-order valence-corrected chi connectivity index (χ0v) is 13.7. The van der Waals surface area contributed by atoms with Crippen LogP contribution >= 0.6 is 15.9 Å². The molecule has 2 nitrogen and oxygen atoms in total. The molecule has 1 rings (SSSR count). The van der Waals surface area contributed by atoms with Gasteiger partial charge >= 0.3 is 0 Å². The Morgan fingerprint density at radius 3 is 2.63 bits per heavy atom. The standard InChI is InChI=1S/C16H26BrNO/c1-3-4-5-6-7-11-19-16-14(12-13(2)18)9-8-10-15(16)17/h8-10,13H,3-7,11-12,18H2,1-2H3. The molecule has 1 unspecified atom stereocenters. The molecule has 3 heteroatoms. The summed E-state index contributed by atoms with van der Waals surface area (Å²) in [5.74, 6) is 0.968. The van der Waals surface area contributed by atoms with Crippen LogP contribution in [0.2, 0.25) is 0 Å². The minimum atomic E-state index is 0.154. The molecule has 0 saturated heterocycles. The van der Waals surface area contributed by atoms with Gasteiger partial charge in [-0.25, -0.2) is 0 Å². The van der Waals surface area contributed by atoms with Gasteiger partial charge in [0, 0.05) is 6.04 Å². The van der Waals surface area contributed by atoms with E-state index in [4.69, 9.17) is 10.5 Å². The largest absolute Gasteiger partial charge is 0.492 e. The van der Waals surface area contributed by atoms with E-state index in [1.165, 1.54) is 31.2 Å². The second-order valence-corrected chi connectivity index (χ2v) is 6.03. The third kappa shape index (κ3) is 6.44. The van der Waals surface area contributed by atoms with Crippen molar-refractivity contribution in [2.45, 2.75) is 58.4 Å². The molecule has 0 aliphatic rings. The molecule has 0 amide bonds. The number of hydrogen-bond acceptors (Lipinski definition) is 2. The highest BCUT2D eigenvalue weighted by Gasteiger charge is 2.09. The minimum absolute atomic E-state index is 0.154. The second-order valence-electron chi connectivity index (χ2n) is 5.17. The van der Waals surface area contributed by atoms with Crippen molar-refractivity contribution >= 4 is 15.9 Å². The number of nitrogens with two attached hydrogens (primary N) is 1. The van der Waals surface area contributed by atoms with E-state index < -0.39 is 0 Å². The summed E-state index contributed by atoms with van der Waals surface area (Å²) < 4.78 is 6.97. The lowest BCUT2D eigenvalue weighted by Crippen LogP contribution is -2.18. The topological polar surface area (TPSA) is 35.2 Å². The van der Waals surface area contributed by atoms with Crippen LogP contribution in [0.5, 0.6) is 5.75 Å². The summed E-state index contributed by atoms with van der Waals surface area (Å²) in [6.45, 7) is 5.05. The highest BCUT2D eigenvalue weighted by Crippen LogP contribution is 2.30. The number of rotatable bonds is 9. The van der Waals surface area contributed by atoms with Crippen LogP contribution in [0.1, 0.15) is 51.5 Å². The van der Waals surface area contributed by atoms with Crippen LogP contribution in [-0.2, 0) is 6.42 Å². The predicted octanol–water partition coefficient (Wildman–Crippen LogP) is 4.69. The Morgan fingerprint density at radius 1 is 1.21 bits per heavy atom. The van der Waals surface area contributed by atoms with Gasteiger partial charge in [0.15, 0.2) is 0 Å². The normalized spacial score (nSPS) is 12.4. The average Bonchev–Trinajstić information content (AvgIpc) is 2.35. The number of para-hydroxylation sites is 1. The molecule has 0 saturated carbocycles. The number of unbranched alkanes of at least 4 members (excludes halogenated alkanes) is 4. The Kier molecular flexibility index (Phi) is 8.15. The second kappa shape index (κ2) is 9.38. The van der Waals surface area contributed by atoms with Gasteiger partial charge in [-0.15, -0.1) is 0 Å². The van der Waals surface area contributed by atoms with Crippen LogP contribution in [0.25, 0.3) is 0 Å². The lowest BCUT2D eigenvalue weighted by molar-refractivity contribution is 0.299. The maximum absolute atomic E-state index is 5.95. The van der Waals surface area contributed by atoms with E-state index in [1.54, 1.807) is 0 Å². The Labute approximate surface area is 125 Å². The van der Waals surface area contributed by atoms with E-state index in [0.29, 0.717) is 0 Å². The van der Waals surface area contributed by atoms with Crippen molar-refractivity contribution in [1.82, 2.24) is 0 Å². The van der Waals surface area contributed by atoms with Gasteiger partial charge in [0.25, 0.3) is 0 Å². The molecule has 2 N–H and O–H groups in total. The zero-order valence-electron chi connectivity index (χ0n) is 12.1. The summed E-state index contributed by atoms with van der Waals surface area (Å²) >= 11 is 3.57. The molecule has 0 spiro atoms. The quantitative estimate of drug-likeness (QED) is 0.668. The monoisotopic (exact) mass is 327 g/mol. The molecular formula is C16H26BrNO. The number of hydrogen-bond donors (Lipinski definition) is 1. The summed E-state index contributed by atoms with van der Waals surface area (Å²) in [6, 6.07) is 6.31. The third-order valence-electron chi connectivity index (χ3n) is 3.08. The molecule has 0 radical (unpaired) electrons. The Balaban J connectivity index is 2.47. The van der Waals surface area contributed by atoms with Gasteiger partial charge in [-0.1, -0.05) is 44.7 Å². The molecule has 0 aliphatic heterocycles. The third-order valence-corrected chi connectivity index (χ3v) is 3.71. The summed E-state index contributed by atoms with van der Waals surface area (Å²) in [7, 11) is 0. The van der Waals surface area contributed by atoms with Gasteiger partial charge in [0.1, 0.15) is 5.75 Å². The van der Waals surface area contributed by atoms with Crippen LogP contribution in [0.15, 0.2) is 22.7 Å². The average molecular weight is 328 g/mol. The highest BCUT2D eigenvalue weighted by molar-refractivity contribution is 9.10. The number of ether oxygens (including phenoxy) is 1. The lowest BCUT2D eigenvalue weighted by Gasteiger charge is -2.14. The fourth-order valence-electron chi connectivity index (χ4n) is 2.10. The highest BCUT2D eigenvalue weighted by atomic mass is 79.9. The first-order valence-corrected chi connectivity index (χ1v) is 8.10. The SMILES string of the molecule is CCCCCCCOc1c(Br)cccc1CC(C)N. The van der Waals surface area contributed by atoms with Gasteiger partial charge < -0.3 is 10.5 Å². The summed E-state index contributed by atoms with van der Waals surface area (Å²) in [5.41, 5.74) is 7.07. The van der Waals surface area contributed by atoms with E-state index in [1.807, 2.05) is 19.1 Å². The fraction of sp³-hybridized carbons (Fsp3) is 0.625. The van der Waals surface area contributed by atoms with Crippen LogP contribution < -0.4 is 10.5 Å². The first-order valence-electron chi connectivity index (χ1n) is 7.31. The molecule has 0 fully saturated rings. The molecule has 0 aliphatic carbocycles. The molecule has 1 aromatic carbocycles. The molecular weight excluding hydrogens is 302 g/mol. The molecule has 19 heavy (non-hydrogen) atoms. The van der Waals surface area contributed by atoms with E-state index in [-0.39, 0.29) is 6.04 Å². The smallest absolute Gasteiger partial charge is 0.136 e. The van der Waals surface area contributed by atoms with Crippen molar-refractivity contribution in [1.29, 1.82) is 0 Å². The summed E-state index contributed by atoms with van der Waals surface area (Å²) in [5, 5.41) is 0. The zero-order chi connectivity index (χ0) is 14.1. The molecule has 1 aromatic rings. The fourth-order valence-corrected chi connectivity index (χ4v) is 2.62. The number of halogens is 1. The van der Waals surface area contributed by atoms with Crippen molar-refractivity contribution in [3.8, 4) is 5.75 Å². The Bertz CT molecular complexity index is 366. The predicted molar refractivity (Wildman–Crippen MR) is 85.7 cm³/mol. The van der Waals surface area contributed by atoms with E-state index in [0.717, 1.165) is 29.7 Å². The summed E-state index contributed by atoms with van der Waals surface area (Å²) in [6.07, 6.45) is 7.14. The maximum Gasteiger partial charge on any atom is 0.136 e. The van der Waals surface area contributed by atoms with E-state index in [9.17, 15) is 0 Å². The van der Waals surface area contributed by atoms with Gasteiger partial charge in [0.05, 0.1) is 11.1 Å². The molecule has 108 valence electrons. The molecule has 0 bridgehead atoms. The maximum atomic E-state index is 5.95. The van der Waals surface area contributed by atoms with Crippen molar-refractivity contribution in [2.24, 2.45) is 5.73 Å². The van der Waals surface area contributed by atoms with Crippen LogP contribution in [0.4, 0.5) is 0 Å². The minimum Gasteiger partial charge on any atom is -0.492 e. The van der Waals surface area contributed by atoms with Crippen molar-refractivity contribution in [2.75, 3.05) is 6.61 Å².